The third-order valence-electron chi connectivity index (χ3n) is 4.80. The molecule has 162 valence electrons. The number of methoxy groups -OCH3 is 1. The third-order valence-corrected chi connectivity index (χ3v) is 5.68. The van der Waals surface area contributed by atoms with Crippen LogP contribution in [-0.2, 0) is 11.4 Å². The molecule has 1 fully saturated rings. The summed E-state index contributed by atoms with van der Waals surface area (Å²) in [4.78, 5) is 14.4. The highest BCUT2D eigenvalue weighted by Gasteiger charge is 2.31. The second kappa shape index (κ2) is 9.61. The number of para-hydroxylation sites is 2. The first-order valence-corrected chi connectivity index (χ1v) is 10.8. The number of nitrogens with zero attached hydrogens (tertiary/aromatic N) is 1. The number of ether oxygens (including phenoxy) is 2. The van der Waals surface area contributed by atoms with Crippen LogP contribution >= 0.6 is 35.4 Å². The van der Waals surface area contributed by atoms with Crippen LogP contribution in [0, 0.1) is 0 Å². The molecule has 3 aromatic carbocycles. The number of halogens is 2. The molecule has 0 atom stereocenters. The van der Waals surface area contributed by atoms with Crippen LogP contribution in [-0.4, -0.2) is 18.1 Å². The summed E-state index contributed by atoms with van der Waals surface area (Å²) in [6.45, 7) is 0.180. The maximum atomic E-state index is 12.9. The van der Waals surface area contributed by atoms with Gasteiger partial charge in [0.1, 0.15) is 18.1 Å². The lowest BCUT2D eigenvalue weighted by molar-refractivity contribution is -0.113. The number of carbonyl (C=O) groups excluding carboxylic acids is 1. The lowest BCUT2D eigenvalue weighted by Gasteiger charge is -2.13. The summed E-state index contributed by atoms with van der Waals surface area (Å²) in [5.41, 5.74) is 2.64. The Hall–Kier alpha value is -3.06. The standard InChI is InChI=1S/C24H18Cl2N2O3S/c1-30-21-11-10-15(12-16(21)14-31-22-18(25)8-5-9-19(22)26)13-20-23(29)28(24(32)27-20)17-6-3-2-4-7-17/h2-13H,14H2,1H3,(H,27,32)/b20-13+. The van der Waals surface area contributed by atoms with Crippen molar-refractivity contribution in [2.24, 2.45) is 0 Å². The monoisotopic (exact) mass is 484 g/mol. The van der Waals surface area contributed by atoms with Crippen molar-refractivity contribution in [2.75, 3.05) is 12.0 Å². The maximum Gasteiger partial charge on any atom is 0.281 e. The minimum Gasteiger partial charge on any atom is -0.496 e. The normalized spacial score (nSPS) is 14.6. The van der Waals surface area contributed by atoms with Crippen molar-refractivity contribution in [2.45, 2.75) is 6.61 Å². The van der Waals surface area contributed by atoms with Gasteiger partial charge in [0.05, 0.1) is 22.8 Å². The third kappa shape index (κ3) is 4.58. The van der Waals surface area contributed by atoms with E-state index in [-0.39, 0.29) is 12.5 Å². The number of carbonyl (C=O) groups is 1. The number of rotatable bonds is 6. The van der Waals surface area contributed by atoms with Gasteiger partial charge in [-0.2, -0.15) is 0 Å². The van der Waals surface area contributed by atoms with Crippen LogP contribution < -0.4 is 19.7 Å². The van der Waals surface area contributed by atoms with Gasteiger partial charge in [-0.3, -0.25) is 9.69 Å². The number of thiocarbonyl (C=S) groups is 1. The van der Waals surface area contributed by atoms with Gasteiger partial charge in [-0.1, -0.05) is 53.5 Å². The van der Waals surface area contributed by atoms with Gasteiger partial charge in [-0.25, -0.2) is 0 Å². The van der Waals surface area contributed by atoms with Crippen molar-refractivity contribution in [3.8, 4) is 11.5 Å². The summed E-state index contributed by atoms with van der Waals surface area (Å²) < 4.78 is 11.3. The molecule has 1 saturated heterocycles. The Kier molecular flexibility index (Phi) is 6.65. The number of benzene rings is 3. The Morgan fingerprint density at radius 2 is 1.75 bits per heavy atom. The Labute approximate surface area is 201 Å². The molecular weight excluding hydrogens is 467 g/mol. The highest BCUT2D eigenvalue weighted by Crippen LogP contribution is 2.34. The van der Waals surface area contributed by atoms with Crippen molar-refractivity contribution >= 4 is 58.2 Å². The second-order valence-electron chi connectivity index (χ2n) is 6.88. The molecule has 8 heteroatoms. The molecule has 0 aromatic heterocycles. The molecule has 0 saturated carbocycles. The quantitative estimate of drug-likeness (QED) is 0.351. The van der Waals surface area contributed by atoms with E-state index >= 15 is 0 Å². The zero-order valence-corrected chi connectivity index (χ0v) is 19.3. The minimum atomic E-state index is -0.224. The molecular formula is C24H18Cl2N2O3S. The summed E-state index contributed by atoms with van der Waals surface area (Å²) in [6, 6.07) is 20.0. The van der Waals surface area contributed by atoms with Gasteiger partial charge < -0.3 is 14.8 Å². The summed E-state index contributed by atoms with van der Waals surface area (Å²) in [6.07, 6.45) is 1.74. The Morgan fingerprint density at radius 1 is 1.03 bits per heavy atom. The number of amides is 1. The Balaban J connectivity index is 1.59. The average molecular weight is 485 g/mol. The van der Waals surface area contributed by atoms with Crippen LogP contribution in [0.25, 0.3) is 6.08 Å². The van der Waals surface area contributed by atoms with E-state index in [4.69, 9.17) is 44.9 Å². The predicted molar refractivity (Wildman–Crippen MR) is 131 cm³/mol. The average Bonchev–Trinajstić information content (AvgIpc) is 3.07. The fourth-order valence-corrected chi connectivity index (χ4v) is 4.09. The van der Waals surface area contributed by atoms with E-state index in [0.29, 0.717) is 38.0 Å². The molecule has 1 aliphatic heterocycles. The molecule has 0 aliphatic carbocycles. The SMILES string of the molecule is COc1ccc(/C=C2/NC(=S)N(c3ccccc3)C2=O)cc1COc1c(Cl)cccc1Cl. The van der Waals surface area contributed by atoms with Crippen molar-refractivity contribution in [1.82, 2.24) is 5.32 Å². The maximum absolute atomic E-state index is 12.9. The molecule has 0 spiro atoms. The van der Waals surface area contributed by atoms with Gasteiger partial charge in [0.2, 0.25) is 0 Å². The summed E-state index contributed by atoms with van der Waals surface area (Å²) in [7, 11) is 1.58. The van der Waals surface area contributed by atoms with E-state index in [1.54, 1.807) is 31.4 Å². The summed E-state index contributed by atoms with van der Waals surface area (Å²) in [5, 5.41) is 4.17. The van der Waals surface area contributed by atoms with E-state index < -0.39 is 0 Å². The molecule has 3 aromatic rings. The first-order chi connectivity index (χ1) is 15.5. The van der Waals surface area contributed by atoms with E-state index in [9.17, 15) is 4.79 Å². The molecule has 0 unspecified atom stereocenters. The van der Waals surface area contributed by atoms with Crippen LogP contribution in [0.4, 0.5) is 5.69 Å². The van der Waals surface area contributed by atoms with Crippen LogP contribution in [0.15, 0.2) is 72.4 Å². The largest absolute Gasteiger partial charge is 0.496 e. The number of anilines is 1. The van der Waals surface area contributed by atoms with Gasteiger partial charge in [-0.05, 0) is 60.3 Å². The van der Waals surface area contributed by atoms with Crippen LogP contribution in [0.2, 0.25) is 10.0 Å². The molecule has 1 aliphatic rings. The van der Waals surface area contributed by atoms with Gasteiger partial charge in [0.15, 0.2) is 10.9 Å². The highest BCUT2D eigenvalue weighted by atomic mass is 35.5. The van der Waals surface area contributed by atoms with Gasteiger partial charge in [0, 0.05) is 5.56 Å². The van der Waals surface area contributed by atoms with E-state index in [2.05, 4.69) is 5.32 Å². The Morgan fingerprint density at radius 3 is 2.44 bits per heavy atom. The molecule has 1 heterocycles. The van der Waals surface area contributed by atoms with E-state index in [0.717, 1.165) is 11.1 Å². The van der Waals surface area contributed by atoms with Gasteiger partial charge in [-0.15, -0.1) is 0 Å². The summed E-state index contributed by atoms with van der Waals surface area (Å²) in [5.74, 6) is 0.818. The predicted octanol–water partition coefficient (Wildman–Crippen LogP) is 5.84. The molecule has 1 N–H and O–H groups in total. The number of hydrogen-bond acceptors (Lipinski definition) is 4. The number of hydrogen-bond donors (Lipinski definition) is 1. The first-order valence-electron chi connectivity index (χ1n) is 9.64. The molecule has 0 bridgehead atoms. The van der Waals surface area contributed by atoms with Crippen molar-refractivity contribution in [1.29, 1.82) is 0 Å². The minimum absolute atomic E-state index is 0.180. The van der Waals surface area contributed by atoms with Gasteiger partial charge >= 0.3 is 0 Å². The molecule has 32 heavy (non-hydrogen) atoms. The Bertz CT molecular complexity index is 1190. The zero-order chi connectivity index (χ0) is 22.7. The van der Waals surface area contributed by atoms with Crippen molar-refractivity contribution < 1.29 is 14.3 Å². The van der Waals surface area contributed by atoms with Crippen LogP contribution in [0.3, 0.4) is 0 Å². The van der Waals surface area contributed by atoms with E-state index in [1.807, 2.05) is 48.5 Å². The van der Waals surface area contributed by atoms with Crippen molar-refractivity contribution in [3.63, 3.8) is 0 Å². The topological polar surface area (TPSA) is 50.8 Å². The lowest BCUT2D eigenvalue weighted by Crippen LogP contribution is -2.30. The van der Waals surface area contributed by atoms with E-state index in [1.165, 1.54) is 4.90 Å². The molecule has 1 amide bonds. The van der Waals surface area contributed by atoms with Crippen molar-refractivity contribution in [3.05, 3.63) is 93.6 Å². The molecule has 5 nitrogen and oxygen atoms in total. The summed E-state index contributed by atoms with van der Waals surface area (Å²) >= 11 is 17.8. The fourth-order valence-electron chi connectivity index (χ4n) is 3.28. The zero-order valence-electron chi connectivity index (χ0n) is 17.0. The second-order valence-corrected chi connectivity index (χ2v) is 8.08. The lowest BCUT2D eigenvalue weighted by atomic mass is 10.1. The fraction of sp³-hybridized carbons (Fsp3) is 0.0833. The van der Waals surface area contributed by atoms with Gasteiger partial charge in [0.25, 0.3) is 5.91 Å². The smallest absolute Gasteiger partial charge is 0.281 e. The highest BCUT2D eigenvalue weighted by molar-refractivity contribution is 7.80. The first kappa shape index (κ1) is 22.1. The molecule has 0 radical (unpaired) electrons. The molecule has 4 rings (SSSR count). The number of nitrogens with one attached hydrogen (secondary N) is 1. The van der Waals surface area contributed by atoms with Crippen LogP contribution in [0.1, 0.15) is 11.1 Å². The van der Waals surface area contributed by atoms with Crippen LogP contribution in [0.5, 0.6) is 11.5 Å².